The summed E-state index contributed by atoms with van der Waals surface area (Å²) in [6.07, 6.45) is 2.45. The summed E-state index contributed by atoms with van der Waals surface area (Å²) in [6, 6.07) is 15.0. The second-order valence-corrected chi connectivity index (χ2v) is 5.78. The van der Waals surface area contributed by atoms with E-state index in [-0.39, 0.29) is 17.9 Å². The Hall–Kier alpha value is -1.02. The number of halogens is 2. The SMILES string of the molecule is CNC1(c2cccc(-c3ccc(C)c(Cl)c3)c2)CC1.Cl. The molecule has 0 heterocycles. The predicted octanol–water partition coefficient (Wildman–Crippen LogP) is 4.95. The summed E-state index contributed by atoms with van der Waals surface area (Å²) in [4.78, 5) is 0. The highest BCUT2D eigenvalue weighted by Gasteiger charge is 2.42. The topological polar surface area (TPSA) is 12.0 Å². The van der Waals surface area contributed by atoms with Crippen molar-refractivity contribution in [2.45, 2.75) is 25.3 Å². The van der Waals surface area contributed by atoms with Crippen molar-refractivity contribution in [3.8, 4) is 11.1 Å². The molecule has 1 N–H and O–H groups in total. The van der Waals surface area contributed by atoms with Gasteiger partial charge in [0, 0.05) is 10.6 Å². The van der Waals surface area contributed by atoms with Crippen LogP contribution in [-0.4, -0.2) is 7.05 Å². The lowest BCUT2D eigenvalue weighted by molar-refractivity contribution is 0.586. The zero-order valence-corrected chi connectivity index (χ0v) is 13.3. The molecule has 2 aromatic carbocycles. The fraction of sp³-hybridized carbons (Fsp3) is 0.294. The van der Waals surface area contributed by atoms with Crippen molar-refractivity contribution in [1.29, 1.82) is 0 Å². The second-order valence-electron chi connectivity index (χ2n) is 5.38. The molecule has 0 saturated heterocycles. The highest BCUT2D eigenvalue weighted by atomic mass is 35.5. The number of benzene rings is 2. The smallest absolute Gasteiger partial charge is 0.0441 e. The van der Waals surface area contributed by atoms with Gasteiger partial charge < -0.3 is 5.32 Å². The number of rotatable bonds is 3. The normalized spacial score (nSPS) is 15.6. The fourth-order valence-corrected chi connectivity index (χ4v) is 2.76. The zero-order valence-electron chi connectivity index (χ0n) is 11.7. The molecule has 1 saturated carbocycles. The zero-order chi connectivity index (χ0) is 13.5. The van der Waals surface area contributed by atoms with E-state index < -0.39 is 0 Å². The van der Waals surface area contributed by atoms with Crippen LogP contribution >= 0.6 is 24.0 Å². The van der Waals surface area contributed by atoms with Crippen LogP contribution in [0.1, 0.15) is 24.0 Å². The Morgan fingerprint density at radius 2 is 1.75 bits per heavy atom. The van der Waals surface area contributed by atoms with Crippen molar-refractivity contribution in [2.75, 3.05) is 7.05 Å². The van der Waals surface area contributed by atoms with Gasteiger partial charge in [0.1, 0.15) is 0 Å². The molecule has 0 aromatic heterocycles. The maximum Gasteiger partial charge on any atom is 0.0441 e. The molecule has 3 rings (SSSR count). The quantitative estimate of drug-likeness (QED) is 0.846. The molecule has 2 aromatic rings. The molecule has 1 aliphatic carbocycles. The minimum Gasteiger partial charge on any atom is -0.310 e. The van der Waals surface area contributed by atoms with Gasteiger partial charge >= 0.3 is 0 Å². The monoisotopic (exact) mass is 307 g/mol. The van der Waals surface area contributed by atoms with Crippen molar-refractivity contribution in [2.24, 2.45) is 0 Å². The fourth-order valence-electron chi connectivity index (χ4n) is 2.58. The molecule has 0 atom stereocenters. The average Bonchev–Trinajstić information content (AvgIpc) is 3.23. The summed E-state index contributed by atoms with van der Waals surface area (Å²) in [5.74, 6) is 0. The van der Waals surface area contributed by atoms with Crippen LogP contribution < -0.4 is 5.32 Å². The Morgan fingerprint density at radius 1 is 1.05 bits per heavy atom. The molecular weight excluding hydrogens is 289 g/mol. The molecule has 106 valence electrons. The average molecular weight is 308 g/mol. The van der Waals surface area contributed by atoms with Gasteiger partial charge in [-0.25, -0.2) is 0 Å². The Bertz CT molecular complexity index is 618. The second kappa shape index (κ2) is 5.77. The van der Waals surface area contributed by atoms with Crippen LogP contribution in [0, 0.1) is 6.92 Å². The molecule has 0 unspecified atom stereocenters. The maximum absolute atomic E-state index is 6.22. The first kappa shape index (κ1) is 15.4. The molecule has 0 aliphatic heterocycles. The summed E-state index contributed by atoms with van der Waals surface area (Å²) in [7, 11) is 2.04. The van der Waals surface area contributed by atoms with E-state index in [9.17, 15) is 0 Å². The molecule has 0 bridgehead atoms. The molecule has 0 radical (unpaired) electrons. The third-order valence-corrected chi connectivity index (χ3v) is 4.56. The molecular formula is C17H19Cl2N. The van der Waals surface area contributed by atoms with Crippen LogP contribution in [0.25, 0.3) is 11.1 Å². The van der Waals surface area contributed by atoms with Gasteiger partial charge in [-0.2, -0.15) is 0 Å². The standard InChI is InChI=1S/C17H18ClN.ClH/c1-12-6-7-14(11-16(12)18)13-4-3-5-15(10-13)17(19-2)8-9-17;/h3-7,10-11,19H,8-9H2,1-2H3;1H. The van der Waals surface area contributed by atoms with E-state index in [4.69, 9.17) is 11.6 Å². The van der Waals surface area contributed by atoms with Crippen LogP contribution in [0.3, 0.4) is 0 Å². The molecule has 1 aliphatic rings. The Morgan fingerprint density at radius 3 is 2.35 bits per heavy atom. The van der Waals surface area contributed by atoms with Gasteiger partial charge in [-0.3, -0.25) is 0 Å². The molecule has 20 heavy (non-hydrogen) atoms. The van der Waals surface area contributed by atoms with E-state index in [0.717, 1.165) is 10.6 Å². The molecule has 1 nitrogen and oxygen atoms in total. The summed E-state index contributed by atoms with van der Waals surface area (Å²) >= 11 is 6.22. The summed E-state index contributed by atoms with van der Waals surface area (Å²) < 4.78 is 0. The van der Waals surface area contributed by atoms with Crippen LogP contribution in [0.2, 0.25) is 5.02 Å². The number of hydrogen-bond acceptors (Lipinski definition) is 1. The summed E-state index contributed by atoms with van der Waals surface area (Å²) in [5.41, 5.74) is 5.13. The van der Waals surface area contributed by atoms with Gasteiger partial charge in [0.25, 0.3) is 0 Å². The Balaban J connectivity index is 0.00000147. The van der Waals surface area contributed by atoms with E-state index in [1.54, 1.807) is 0 Å². The van der Waals surface area contributed by atoms with E-state index in [1.807, 2.05) is 14.0 Å². The third kappa shape index (κ3) is 2.71. The first-order valence-electron chi connectivity index (χ1n) is 6.71. The van der Waals surface area contributed by atoms with Crippen LogP contribution in [0.4, 0.5) is 0 Å². The highest BCUT2D eigenvalue weighted by Crippen LogP contribution is 2.45. The highest BCUT2D eigenvalue weighted by molar-refractivity contribution is 6.31. The van der Waals surface area contributed by atoms with E-state index in [0.29, 0.717) is 0 Å². The Labute approximate surface area is 131 Å². The van der Waals surface area contributed by atoms with Crippen molar-refractivity contribution in [3.63, 3.8) is 0 Å². The molecule has 3 heteroatoms. The third-order valence-electron chi connectivity index (χ3n) is 4.15. The van der Waals surface area contributed by atoms with Crippen molar-refractivity contribution >= 4 is 24.0 Å². The van der Waals surface area contributed by atoms with E-state index in [2.05, 4.69) is 47.8 Å². The predicted molar refractivity (Wildman–Crippen MR) is 88.8 cm³/mol. The van der Waals surface area contributed by atoms with E-state index in [1.165, 1.54) is 29.5 Å². The molecule has 0 spiro atoms. The van der Waals surface area contributed by atoms with Gasteiger partial charge in [0.05, 0.1) is 0 Å². The summed E-state index contributed by atoms with van der Waals surface area (Å²) in [5, 5.41) is 4.27. The first-order chi connectivity index (χ1) is 9.14. The maximum atomic E-state index is 6.22. The van der Waals surface area contributed by atoms with Gasteiger partial charge in [0.15, 0.2) is 0 Å². The van der Waals surface area contributed by atoms with Crippen molar-refractivity contribution in [1.82, 2.24) is 5.32 Å². The number of nitrogens with one attached hydrogen (secondary N) is 1. The first-order valence-corrected chi connectivity index (χ1v) is 7.08. The van der Waals surface area contributed by atoms with Crippen LogP contribution in [0.5, 0.6) is 0 Å². The van der Waals surface area contributed by atoms with Gasteiger partial charge in [-0.05, 0) is 61.2 Å². The Kier molecular flexibility index (Phi) is 4.43. The largest absolute Gasteiger partial charge is 0.310 e. The lowest BCUT2D eigenvalue weighted by Gasteiger charge is -2.16. The van der Waals surface area contributed by atoms with Gasteiger partial charge in [-0.15, -0.1) is 12.4 Å². The van der Waals surface area contributed by atoms with Gasteiger partial charge in [-0.1, -0.05) is 41.9 Å². The minimum absolute atomic E-state index is 0. The summed E-state index contributed by atoms with van der Waals surface area (Å²) in [6.45, 7) is 2.03. The van der Waals surface area contributed by atoms with Crippen molar-refractivity contribution in [3.05, 3.63) is 58.6 Å². The van der Waals surface area contributed by atoms with Crippen molar-refractivity contribution < 1.29 is 0 Å². The molecule has 1 fully saturated rings. The number of hydrogen-bond donors (Lipinski definition) is 1. The minimum atomic E-state index is 0. The molecule has 0 amide bonds. The lowest BCUT2D eigenvalue weighted by Crippen LogP contribution is -2.24. The lowest BCUT2D eigenvalue weighted by atomic mass is 9.97. The number of aryl methyl sites for hydroxylation is 1. The van der Waals surface area contributed by atoms with Crippen LogP contribution in [0.15, 0.2) is 42.5 Å². The van der Waals surface area contributed by atoms with Crippen LogP contribution in [-0.2, 0) is 5.54 Å². The van der Waals surface area contributed by atoms with E-state index >= 15 is 0 Å². The van der Waals surface area contributed by atoms with Gasteiger partial charge in [0.2, 0.25) is 0 Å².